The number of nitro groups is 1. The molecule has 0 saturated heterocycles. The van der Waals surface area contributed by atoms with Crippen LogP contribution in [0.5, 0.6) is 17.2 Å². The summed E-state index contributed by atoms with van der Waals surface area (Å²) in [6, 6.07) is 6.09. The van der Waals surface area contributed by atoms with Gasteiger partial charge in [0.1, 0.15) is 11.5 Å². The monoisotopic (exact) mass is 421 g/mol. The van der Waals surface area contributed by atoms with E-state index in [0.29, 0.717) is 29.7 Å². The first kappa shape index (κ1) is 22.5. The summed E-state index contributed by atoms with van der Waals surface area (Å²) in [6.07, 6.45) is 1.84. The summed E-state index contributed by atoms with van der Waals surface area (Å²) < 4.78 is 11.4. The van der Waals surface area contributed by atoms with E-state index < -0.39 is 4.92 Å². The molecule has 29 heavy (non-hydrogen) atoms. The van der Waals surface area contributed by atoms with Gasteiger partial charge < -0.3 is 14.6 Å². The molecular weight excluding hydrogens is 398 g/mol. The van der Waals surface area contributed by atoms with Gasteiger partial charge in [0.25, 0.3) is 0 Å². The van der Waals surface area contributed by atoms with Crippen molar-refractivity contribution >= 4 is 23.1 Å². The van der Waals surface area contributed by atoms with Gasteiger partial charge in [-0.05, 0) is 44.0 Å². The smallest absolute Gasteiger partial charge is 0.312 e. The first-order valence-electron chi connectivity index (χ1n) is 9.32. The lowest BCUT2D eigenvalue weighted by Crippen LogP contribution is -2.08. The Morgan fingerprint density at radius 2 is 1.93 bits per heavy atom. The van der Waals surface area contributed by atoms with Crippen molar-refractivity contribution in [2.75, 3.05) is 13.2 Å². The van der Waals surface area contributed by atoms with E-state index in [1.807, 2.05) is 6.92 Å². The molecule has 0 amide bonds. The van der Waals surface area contributed by atoms with Crippen LogP contribution in [-0.2, 0) is 6.42 Å². The van der Waals surface area contributed by atoms with Crippen LogP contribution >= 0.6 is 11.6 Å². The third-order valence-corrected chi connectivity index (χ3v) is 4.55. The standard InChI is InChI=1S/C21H24ClNO6/c1-4-6-17-19(8-7-16(14(3)24)20(17)25)28-9-5-10-29-21-13(2)11-15(22)12-18(21)23(26)27/h7-8,11-12,25H,4-6,9-10H2,1-3H3. The maximum Gasteiger partial charge on any atom is 0.312 e. The second kappa shape index (κ2) is 10.1. The van der Waals surface area contributed by atoms with E-state index in [0.717, 1.165) is 6.42 Å². The fourth-order valence-corrected chi connectivity index (χ4v) is 3.25. The van der Waals surface area contributed by atoms with Gasteiger partial charge in [0.15, 0.2) is 11.5 Å². The normalized spacial score (nSPS) is 10.6. The molecule has 8 heteroatoms. The molecule has 0 unspecified atom stereocenters. The zero-order chi connectivity index (χ0) is 21.6. The van der Waals surface area contributed by atoms with Crippen LogP contribution < -0.4 is 9.47 Å². The number of carbonyl (C=O) groups is 1. The molecule has 0 bridgehead atoms. The SMILES string of the molecule is CCCc1c(OCCCOc2c(C)cc(Cl)cc2[N+](=O)[O-])ccc(C(C)=O)c1O. The van der Waals surface area contributed by atoms with Crippen molar-refractivity contribution in [3.63, 3.8) is 0 Å². The highest BCUT2D eigenvalue weighted by Crippen LogP contribution is 2.35. The molecule has 1 N–H and O–H groups in total. The lowest BCUT2D eigenvalue weighted by atomic mass is 10.0. The molecule has 0 saturated carbocycles. The Labute approximate surface area is 174 Å². The van der Waals surface area contributed by atoms with Gasteiger partial charge in [0.05, 0.1) is 23.7 Å². The summed E-state index contributed by atoms with van der Waals surface area (Å²) in [5.74, 6) is 0.456. The van der Waals surface area contributed by atoms with E-state index in [1.165, 1.54) is 13.0 Å². The van der Waals surface area contributed by atoms with Gasteiger partial charge >= 0.3 is 5.69 Å². The predicted molar refractivity (Wildman–Crippen MR) is 111 cm³/mol. The number of phenols is 1. The van der Waals surface area contributed by atoms with Crippen molar-refractivity contribution in [3.05, 3.63) is 56.1 Å². The van der Waals surface area contributed by atoms with Crippen molar-refractivity contribution in [2.45, 2.75) is 40.0 Å². The van der Waals surface area contributed by atoms with Gasteiger partial charge in [0, 0.05) is 23.1 Å². The molecule has 0 spiro atoms. The van der Waals surface area contributed by atoms with Gasteiger partial charge in [-0.1, -0.05) is 24.9 Å². The summed E-state index contributed by atoms with van der Waals surface area (Å²) in [5, 5.41) is 21.8. The fourth-order valence-electron chi connectivity index (χ4n) is 2.98. The number of rotatable bonds is 10. The minimum atomic E-state index is -0.527. The van der Waals surface area contributed by atoms with Crippen molar-refractivity contribution in [1.29, 1.82) is 0 Å². The molecule has 0 atom stereocenters. The van der Waals surface area contributed by atoms with Crippen LogP contribution in [-0.4, -0.2) is 29.0 Å². The summed E-state index contributed by atoms with van der Waals surface area (Å²) in [7, 11) is 0. The zero-order valence-corrected chi connectivity index (χ0v) is 17.4. The lowest BCUT2D eigenvalue weighted by molar-refractivity contribution is -0.385. The number of ketones is 1. The van der Waals surface area contributed by atoms with Crippen molar-refractivity contribution < 1.29 is 24.3 Å². The number of hydrogen-bond donors (Lipinski definition) is 1. The summed E-state index contributed by atoms with van der Waals surface area (Å²) >= 11 is 5.88. The van der Waals surface area contributed by atoms with E-state index in [2.05, 4.69) is 0 Å². The van der Waals surface area contributed by atoms with Gasteiger partial charge in [-0.15, -0.1) is 0 Å². The second-order valence-corrected chi connectivity index (χ2v) is 7.06. The molecule has 0 aliphatic rings. The van der Waals surface area contributed by atoms with E-state index in [1.54, 1.807) is 25.1 Å². The average molecular weight is 422 g/mol. The van der Waals surface area contributed by atoms with Crippen LogP contribution in [0.1, 0.15) is 48.2 Å². The maximum atomic E-state index is 11.6. The minimum Gasteiger partial charge on any atom is -0.507 e. The number of aromatic hydroxyl groups is 1. The predicted octanol–water partition coefficient (Wildman–Crippen LogP) is 5.27. The van der Waals surface area contributed by atoms with Crippen LogP contribution in [0.25, 0.3) is 0 Å². The Morgan fingerprint density at radius 1 is 1.24 bits per heavy atom. The molecule has 0 radical (unpaired) electrons. The van der Waals surface area contributed by atoms with Crippen LogP contribution in [0.3, 0.4) is 0 Å². The molecule has 2 aromatic carbocycles. The number of nitrogens with zero attached hydrogens (tertiary/aromatic N) is 1. The van der Waals surface area contributed by atoms with Crippen LogP contribution in [0, 0.1) is 17.0 Å². The van der Waals surface area contributed by atoms with Crippen LogP contribution in [0.4, 0.5) is 5.69 Å². The number of halogens is 1. The number of aryl methyl sites for hydroxylation is 1. The number of carbonyl (C=O) groups excluding carboxylic acids is 1. The number of phenolic OH excluding ortho intramolecular Hbond substituents is 1. The Morgan fingerprint density at radius 3 is 2.55 bits per heavy atom. The number of hydrogen-bond acceptors (Lipinski definition) is 6. The Hall–Kier alpha value is -2.80. The van der Waals surface area contributed by atoms with Crippen molar-refractivity contribution in [2.24, 2.45) is 0 Å². The van der Waals surface area contributed by atoms with Gasteiger partial charge in [-0.25, -0.2) is 0 Å². The highest BCUT2D eigenvalue weighted by Gasteiger charge is 2.19. The number of nitro benzene ring substituents is 1. The third kappa shape index (κ3) is 5.60. The molecule has 156 valence electrons. The molecule has 0 fully saturated rings. The van der Waals surface area contributed by atoms with Crippen molar-refractivity contribution in [3.8, 4) is 17.2 Å². The third-order valence-electron chi connectivity index (χ3n) is 4.33. The topological polar surface area (TPSA) is 98.9 Å². The Balaban J connectivity index is 2.01. The summed E-state index contributed by atoms with van der Waals surface area (Å²) in [4.78, 5) is 22.3. The van der Waals surface area contributed by atoms with E-state index >= 15 is 0 Å². The van der Waals surface area contributed by atoms with E-state index in [-0.39, 0.29) is 46.8 Å². The number of Topliss-reactive ketones (excluding diaryl/α,β-unsaturated/α-hetero) is 1. The molecule has 0 aromatic heterocycles. The minimum absolute atomic E-state index is 0.0412. The second-order valence-electron chi connectivity index (χ2n) is 6.62. The maximum absolute atomic E-state index is 11.6. The number of ether oxygens (including phenoxy) is 2. The molecule has 2 rings (SSSR count). The van der Waals surface area contributed by atoms with Crippen LogP contribution in [0.15, 0.2) is 24.3 Å². The van der Waals surface area contributed by atoms with Crippen molar-refractivity contribution in [1.82, 2.24) is 0 Å². The van der Waals surface area contributed by atoms with E-state index in [4.69, 9.17) is 21.1 Å². The van der Waals surface area contributed by atoms with Gasteiger partial charge in [-0.2, -0.15) is 0 Å². The quantitative estimate of drug-likeness (QED) is 0.243. The molecule has 2 aromatic rings. The molecule has 0 aliphatic carbocycles. The van der Waals surface area contributed by atoms with Gasteiger partial charge in [-0.3, -0.25) is 14.9 Å². The molecule has 0 heterocycles. The molecule has 0 aliphatic heterocycles. The first-order chi connectivity index (χ1) is 13.8. The Bertz CT molecular complexity index is 913. The first-order valence-corrected chi connectivity index (χ1v) is 9.70. The average Bonchev–Trinajstić information content (AvgIpc) is 2.64. The Kier molecular flexibility index (Phi) is 7.84. The summed E-state index contributed by atoms with van der Waals surface area (Å²) in [5.41, 5.74) is 1.28. The highest BCUT2D eigenvalue weighted by molar-refractivity contribution is 6.31. The largest absolute Gasteiger partial charge is 0.507 e. The highest BCUT2D eigenvalue weighted by atomic mass is 35.5. The lowest BCUT2D eigenvalue weighted by Gasteiger charge is -2.15. The number of benzene rings is 2. The molecule has 7 nitrogen and oxygen atoms in total. The zero-order valence-electron chi connectivity index (χ0n) is 16.7. The molecular formula is C21H24ClNO6. The summed E-state index contributed by atoms with van der Waals surface area (Å²) in [6.45, 7) is 5.57. The van der Waals surface area contributed by atoms with Gasteiger partial charge in [0.2, 0.25) is 0 Å². The van der Waals surface area contributed by atoms with E-state index in [9.17, 15) is 20.0 Å². The van der Waals surface area contributed by atoms with Crippen LogP contribution in [0.2, 0.25) is 5.02 Å². The fraction of sp³-hybridized carbons (Fsp3) is 0.381.